The van der Waals surface area contributed by atoms with Crippen LogP contribution in [-0.4, -0.2) is 40.8 Å². The summed E-state index contributed by atoms with van der Waals surface area (Å²) in [6, 6.07) is 7.28. The molecule has 0 bridgehead atoms. The van der Waals surface area contributed by atoms with Crippen LogP contribution in [0.3, 0.4) is 0 Å². The Morgan fingerprint density at radius 2 is 1.67 bits per heavy atom. The lowest BCUT2D eigenvalue weighted by Gasteiger charge is -2.29. The standard InChI is InChI=1S/C19H21F3N2O5S/c1-12(18(25)23-15-8-6-5-7-14(15)19(20,21)22)24(30(4,26)27)13-9-10-16(28-2)17(11-13)29-3/h5-12H,1-4H3,(H,23,25)/t12-/m0/s1. The molecular weight excluding hydrogens is 425 g/mol. The van der Waals surface area contributed by atoms with E-state index in [0.717, 1.165) is 22.7 Å². The lowest BCUT2D eigenvalue weighted by atomic mass is 10.1. The summed E-state index contributed by atoms with van der Waals surface area (Å²) in [5, 5.41) is 2.17. The van der Waals surface area contributed by atoms with Crippen molar-refractivity contribution in [3.8, 4) is 11.5 Å². The number of benzene rings is 2. The van der Waals surface area contributed by atoms with Gasteiger partial charge in [-0.3, -0.25) is 9.10 Å². The summed E-state index contributed by atoms with van der Waals surface area (Å²) in [7, 11) is -1.22. The van der Waals surface area contributed by atoms with Gasteiger partial charge in [-0.05, 0) is 31.2 Å². The number of anilines is 2. The number of halogens is 3. The molecule has 0 saturated heterocycles. The number of nitrogens with zero attached hydrogens (tertiary/aromatic N) is 1. The third-order valence-corrected chi connectivity index (χ3v) is 5.44. The van der Waals surface area contributed by atoms with E-state index in [-0.39, 0.29) is 11.4 Å². The molecule has 0 aliphatic carbocycles. The van der Waals surface area contributed by atoms with Crippen molar-refractivity contribution in [2.45, 2.75) is 19.1 Å². The predicted octanol–water partition coefficient (Wildman–Crippen LogP) is 3.52. The number of hydrogen-bond acceptors (Lipinski definition) is 5. The van der Waals surface area contributed by atoms with Crippen molar-refractivity contribution in [1.82, 2.24) is 0 Å². The Hall–Kier alpha value is -2.95. The first-order valence-electron chi connectivity index (χ1n) is 8.58. The molecule has 0 aliphatic rings. The van der Waals surface area contributed by atoms with Crippen LogP contribution >= 0.6 is 0 Å². The minimum absolute atomic E-state index is 0.0851. The van der Waals surface area contributed by atoms with Crippen molar-refractivity contribution >= 4 is 27.3 Å². The molecule has 1 N–H and O–H groups in total. The van der Waals surface area contributed by atoms with Crippen molar-refractivity contribution in [3.05, 3.63) is 48.0 Å². The fraction of sp³-hybridized carbons (Fsp3) is 0.316. The van der Waals surface area contributed by atoms with Gasteiger partial charge in [0.2, 0.25) is 15.9 Å². The zero-order valence-electron chi connectivity index (χ0n) is 16.6. The maximum atomic E-state index is 13.2. The van der Waals surface area contributed by atoms with Crippen molar-refractivity contribution in [1.29, 1.82) is 0 Å². The van der Waals surface area contributed by atoms with Gasteiger partial charge in [0.1, 0.15) is 6.04 Å². The lowest BCUT2D eigenvalue weighted by molar-refractivity contribution is -0.137. The average molecular weight is 446 g/mol. The number of amides is 1. The van der Waals surface area contributed by atoms with Crippen LogP contribution in [0.5, 0.6) is 11.5 Å². The van der Waals surface area contributed by atoms with Crippen LogP contribution in [0, 0.1) is 0 Å². The Morgan fingerprint density at radius 1 is 1.07 bits per heavy atom. The summed E-state index contributed by atoms with van der Waals surface area (Å²) < 4.78 is 75.4. The number of sulfonamides is 1. The lowest BCUT2D eigenvalue weighted by Crippen LogP contribution is -2.45. The molecule has 0 unspecified atom stereocenters. The number of rotatable bonds is 7. The van der Waals surface area contributed by atoms with Crippen LogP contribution < -0.4 is 19.1 Å². The minimum Gasteiger partial charge on any atom is -0.493 e. The third kappa shape index (κ3) is 5.15. The molecule has 2 aromatic carbocycles. The minimum atomic E-state index is -4.69. The molecule has 0 heterocycles. The fourth-order valence-corrected chi connectivity index (χ4v) is 4.01. The van der Waals surface area contributed by atoms with Crippen LogP contribution in [0.4, 0.5) is 24.5 Å². The summed E-state index contributed by atoms with van der Waals surface area (Å²) >= 11 is 0. The number of ether oxygens (including phenoxy) is 2. The monoisotopic (exact) mass is 446 g/mol. The number of carbonyl (C=O) groups is 1. The molecule has 0 aliphatic heterocycles. The summed E-state index contributed by atoms with van der Waals surface area (Å²) in [4.78, 5) is 12.7. The second-order valence-electron chi connectivity index (χ2n) is 6.31. The third-order valence-electron chi connectivity index (χ3n) is 4.20. The Balaban J connectivity index is 2.42. The maximum absolute atomic E-state index is 13.2. The van der Waals surface area contributed by atoms with Gasteiger partial charge in [-0.2, -0.15) is 13.2 Å². The van der Waals surface area contributed by atoms with Crippen LogP contribution in [-0.2, 0) is 21.0 Å². The van der Waals surface area contributed by atoms with E-state index in [1.807, 2.05) is 0 Å². The maximum Gasteiger partial charge on any atom is 0.418 e. The highest BCUT2D eigenvalue weighted by atomic mass is 32.2. The molecule has 0 fully saturated rings. The van der Waals surface area contributed by atoms with Gasteiger partial charge >= 0.3 is 6.18 Å². The first kappa shape index (κ1) is 23.3. The van der Waals surface area contributed by atoms with Gasteiger partial charge in [-0.1, -0.05) is 12.1 Å². The molecule has 2 rings (SSSR count). The second kappa shape index (κ2) is 8.82. The van der Waals surface area contributed by atoms with E-state index in [4.69, 9.17) is 9.47 Å². The van der Waals surface area contributed by atoms with Crippen molar-refractivity contribution < 1.29 is 35.9 Å². The SMILES string of the molecule is COc1ccc(N([C@@H](C)C(=O)Nc2ccccc2C(F)(F)F)S(C)(=O)=O)cc1OC. The Morgan fingerprint density at radius 3 is 2.20 bits per heavy atom. The first-order chi connectivity index (χ1) is 13.9. The predicted molar refractivity (Wildman–Crippen MR) is 106 cm³/mol. The molecule has 11 heteroatoms. The molecule has 0 spiro atoms. The Bertz CT molecular complexity index is 1030. The largest absolute Gasteiger partial charge is 0.493 e. The molecule has 0 aromatic heterocycles. The quantitative estimate of drug-likeness (QED) is 0.704. The highest BCUT2D eigenvalue weighted by Crippen LogP contribution is 2.36. The number of hydrogen-bond donors (Lipinski definition) is 1. The fourth-order valence-electron chi connectivity index (χ4n) is 2.85. The number of para-hydroxylation sites is 1. The van der Waals surface area contributed by atoms with E-state index in [1.54, 1.807) is 0 Å². The van der Waals surface area contributed by atoms with Crippen molar-refractivity contribution in [2.75, 3.05) is 30.1 Å². The number of nitrogens with one attached hydrogen (secondary N) is 1. The van der Waals surface area contributed by atoms with Gasteiger partial charge in [0.15, 0.2) is 11.5 Å². The van der Waals surface area contributed by atoms with Crippen LogP contribution in [0.1, 0.15) is 12.5 Å². The van der Waals surface area contributed by atoms with E-state index in [9.17, 15) is 26.4 Å². The molecule has 1 amide bonds. The van der Waals surface area contributed by atoms with E-state index in [1.165, 1.54) is 51.5 Å². The van der Waals surface area contributed by atoms with E-state index >= 15 is 0 Å². The Labute approximate surface area is 172 Å². The first-order valence-corrected chi connectivity index (χ1v) is 10.4. The van der Waals surface area contributed by atoms with Crippen LogP contribution in [0.15, 0.2) is 42.5 Å². The zero-order chi connectivity index (χ0) is 22.7. The van der Waals surface area contributed by atoms with Gasteiger partial charge in [0.05, 0.1) is 37.4 Å². The molecule has 7 nitrogen and oxygen atoms in total. The van der Waals surface area contributed by atoms with Crippen molar-refractivity contribution in [2.24, 2.45) is 0 Å². The van der Waals surface area contributed by atoms with Crippen LogP contribution in [0.25, 0.3) is 0 Å². The van der Waals surface area contributed by atoms with Gasteiger partial charge < -0.3 is 14.8 Å². The highest BCUT2D eigenvalue weighted by Gasteiger charge is 2.35. The molecule has 0 saturated carbocycles. The summed E-state index contributed by atoms with van der Waals surface area (Å²) in [5.41, 5.74) is -1.42. The number of methoxy groups -OCH3 is 2. The zero-order valence-corrected chi connectivity index (χ0v) is 17.5. The molecule has 1 atom stereocenters. The number of alkyl halides is 3. The van der Waals surface area contributed by atoms with E-state index < -0.39 is 39.4 Å². The topological polar surface area (TPSA) is 84.9 Å². The van der Waals surface area contributed by atoms with Gasteiger partial charge in [0.25, 0.3) is 0 Å². The van der Waals surface area contributed by atoms with Gasteiger partial charge in [-0.25, -0.2) is 8.42 Å². The van der Waals surface area contributed by atoms with E-state index in [0.29, 0.717) is 5.75 Å². The molecular formula is C19H21F3N2O5S. The molecule has 0 radical (unpaired) electrons. The van der Waals surface area contributed by atoms with Crippen molar-refractivity contribution in [3.63, 3.8) is 0 Å². The van der Waals surface area contributed by atoms with E-state index in [2.05, 4.69) is 5.32 Å². The van der Waals surface area contributed by atoms with Gasteiger partial charge in [-0.15, -0.1) is 0 Å². The highest BCUT2D eigenvalue weighted by molar-refractivity contribution is 7.92. The molecule has 2 aromatic rings. The smallest absolute Gasteiger partial charge is 0.418 e. The normalized spacial score (nSPS) is 12.8. The second-order valence-corrected chi connectivity index (χ2v) is 8.17. The summed E-state index contributed by atoms with van der Waals surface area (Å²) in [6.07, 6.45) is -3.80. The van der Waals surface area contributed by atoms with Gasteiger partial charge in [0, 0.05) is 6.07 Å². The number of carbonyl (C=O) groups excluding carboxylic acids is 1. The van der Waals surface area contributed by atoms with Crippen LogP contribution in [0.2, 0.25) is 0 Å². The molecule has 164 valence electrons. The Kier molecular flexibility index (Phi) is 6.86. The molecule has 30 heavy (non-hydrogen) atoms. The summed E-state index contributed by atoms with van der Waals surface area (Å²) in [5.74, 6) is -0.378. The average Bonchev–Trinajstić information content (AvgIpc) is 2.66. The summed E-state index contributed by atoms with van der Waals surface area (Å²) in [6.45, 7) is 1.27.